The van der Waals surface area contributed by atoms with Crippen LogP contribution < -0.4 is 10.7 Å². The number of amides is 2. The molecule has 0 spiro atoms. The first kappa shape index (κ1) is 14.4. The highest BCUT2D eigenvalue weighted by molar-refractivity contribution is 6.35. The molecular weight excluding hydrogens is 272 g/mol. The molecule has 0 bridgehead atoms. The molecule has 2 amide bonds. The molecule has 108 valence electrons. The smallest absolute Gasteiger partial charge is 0.329 e. The third kappa shape index (κ3) is 4.27. The molecule has 2 aromatic rings. The summed E-state index contributed by atoms with van der Waals surface area (Å²) >= 11 is 0. The van der Waals surface area contributed by atoms with Crippen molar-refractivity contribution in [1.29, 1.82) is 0 Å². The Bertz CT molecular complexity index is 636. The Morgan fingerprint density at radius 3 is 2.67 bits per heavy atom. The zero-order chi connectivity index (χ0) is 15.1. The standard InChI is InChI=1S/C14H14N4O3/c1-10(11-4-6-15-7-5-11)17-18-14(20)13(19)16-9-12-3-2-8-21-12/h2-8H,9H2,1H3,(H,16,19)(H,18,20)/b17-10+. The van der Waals surface area contributed by atoms with Crippen molar-refractivity contribution in [3.8, 4) is 0 Å². The number of carbonyl (C=O) groups excluding carboxylic acids is 2. The lowest BCUT2D eigenvalue weighted by Gasteiger charge is -2.03. The predicted molar refractivity (Wildman–Crippen MR) is 75.1 cm³/mol. The molecule has 21 heavy (non-hydrogen) atoms. The molecule has 0 aromatic carbocycles. The van der Waals surface area contributed by atoms with Crippen LogP contribution in [0.5, 0.6) is 0 Å². The maximum absolute atomic E-state index is 11.6. The minimum absolute atomic E-state index is 0.145. The highest BCUT2D eigenvalue weighted by atomic mass is 16.3. The Kier molecular flexibility index (Phi) is 4.81. The van der Waals surface area contributed by atoms with Gasteiger partial charge in [0.05, 0.1) is 18.5 Å². The summed E-state index contributed by atoms with van der Waals surface area (Å²) < 4.78 is 5.04. The van der Waals surface area contributed by atoms with Gasteiger partial charge in [-0.2, -0.15) is 5.10 Å². The lowest BCUT2D eigenvalue weighted by Crippen LogP contribution is -2.37. The first-order valence-corrected chi connectivity index (χ1v) is 6.22. The number of hydrogen-bond acceptors (Lipinski definition) is 5. The van der Waals surface area contributed by atoms with Crippen LogP contribution >= 0.6 is 0 Å². The summed E-state index contributed by atoms with van der Waals surface area (Å²) in [6.07, 6.45) is 4.72. The summed E-state index contributed by atoms with van der Waals surface area (Å²) in [5, 5.41) is 6.29. The van der Waals surface area contributed by atoms with E-state index in [2.05, 4.69) is 20.8 Å². The molecule has 0 aliphatic heterocycles. The Balaban J connectivity index is 1.85. The van der Waals surface area contributed by atoms with Gasteiger partial charge < -0.3 is 9.73 Å². The molecule has 0 aliphatic carbocycles. The Labute approximate surface area is 121 Å². The van der Waals surface area contributed by atoms with Crippen LogP contribution in [0, 0.1) is 0 Å². The average Bonchev–Trinajstić information content (AvgIpc) is 3.04. The van der Waals surface area contributed by atoms with Crippen LogP contribution in [0.1, 0.15) is 18.2 Å². The van der Waals surface area contributed by atoms with Crippen molar-refractivity contribution in [2.24, 2.45) is 5.10 Å². The normalized spacial score (nSPS) is 11.0. The van der Waals surface area contributed by atoms with E-state index in [-0.39, 0.29) is 6.54 Å². The third-order valence-corrected chi connectivity index (χ3v) is 2.63. The van der Waals surface area contributed by atoms with E-state index in [1.165, 1.54) is 6.26 Å². The second kappa shape index (κ2) is 6.99. The van der Waals surface area contributed by atoms with Gasteiger partial charge in [0, 0.05) is 18.0 Å². The van der Waals surface area contributed by atoms with Crippen molar-refractivity contribution in [2.45, 2.75) is 13.5 Å². The van der Waals surface area contributed by atoms with E-state index >= 15 is 0 Å². The fraction of sp³-hybridized carbons (Fsp3) is 0.143. The van der Waals surface area contributed by atoms with Crippen molar-refractivity contribution in [1.82, 2.24) is 15.7 Å². The van der Waals surface area contributed by atoms with Gasteiger partial charge in [0.2, 0.25) is 0 Å². The summed E-state index contributed by atoms with van der Waals surface area (Å²) in [5.41, 5.74) is 3.58. The van der Waals surface area contributed by atoms with Crippen LogP contribution in [0.25, 0.3) is 0 Å². The van der Waals surface area contributed by atoms with Crippen molar-refractivity contribution < 1.29 is 14.0 Å². The zero-order valence-electron chi connectivity index (χ0n) is 11.4. The fourth-order valence-corrected chi connectivity index (χ4v) is 1.50. The second-order valence-electron chi connectivity index (χ2n) is 4.14. The highest BCUT2D eigenvalue weighted by Gasteiger charge is 2.12. The van der Waals surface area contributed by atoms with Crippen LogP contribution in [0.3, 0.4) is 0 Å². The molecule has 0 unspecified atom stereocenters. The van der Waals surface area contributed by atoms with Crippen LogP contribution in [0.4, 0.5) is 0 Å². The van der Waals surface area contributed by atoms with Gasteiger partial charge in [0.15, 0.2) is 0 Å². The Morgan fingerprint density at radius 2 is 2.00 bits per heavy atom. The first-order valence-electron chi connectivity index (χ1n) is 6.22. The van der Waals surface area contributed by atoms with Crippen molar-refractivity contribution in [2.75, 3.05) is 0 Å². The molecule has 2 aromatic heterocycles. The lowest BCUT2D eigenvalue weighted by molar-refractivity contribution is -0.139. The third-order valence-electron chi connectivity index (χ3n) is 2.63. The summed E-state index contributed by atoms with van der Waals surface area (Å²) in [6, 6.07) is 6.90. The van der Waals surface area contributed by atoms with Crippen molar-refractivity contribution in [3.05, 3.63) is 54.2 Å². The molecule has 0 radical (unpaired) electrons. The van der Waals surface area contributed by atoms with E-state index in [0.29, 0.717) is 11.5 Å². The van der Waals surface area contributed by atoms with Crippen molar-refractivity contribution in [3.63, 3.8) is 0 Å². The van der Waals surface area contributed by atoms with Gasteiger partial charge >= 0.3 is 11.8 Å². The van der Waals surface area contributed by atoms with E-state index in [4.69, 9.17) is 4.42 Å². The van der Waals surface area contributed by atoms with Crippen LogP contribution in [0.15, 0.2) is 52.4 Å². The van der Waals surface area contributed by atoms with Gasteiger partial charge in [-0.1, -0.05) is 0 Å². The van der Waals surface area contributed by atoms with Gasteiger partial charge in [-0.25, -0.2) is 5.43 Å². The average molecular weight is 286 g/mol. The van der Waals surface area contributed by atoms with E-state index < -0.39 is 11.8 Å². The van der Waals surface area contributed by atoms with Gasteiger partial charge in [-0.3, -0.25) is 14.6 Å². The van der Waals surface area contributed by atoms with Gasteiger partial charge in [-0.15, -0.1) is 0 Å². The second-order valence-corrected chi connectivity index (χ2v) is 4.14. The fourth-order valence-electron chi connectivity index (χ4n) is 1.50. The number of hydrogen-bond donors (Lipinski definition) is 2. The molecule has 0 saturated carbocycles. The molecular formula is C14H14N4O3. The van der Waals surface area contributed by atoms with Crippen molar-refractivity contribution >= 4 is 17.5 Å². The molecule has 0 saturated heterocycles. The summed E-state index contributed by atoms with van der Waals surface area (Å²) in [4.78, 5) is 27.0. The summed E-state index contributed by atoms with van der Waals surface area (Å²) in [7, 11) is 0. The Hall–Kier alpha value is -2.96. The highest BCUT2D eigenvalue weighted by Crippen LogP contribution is 1.99. The maximum atomic E-state index is 11.6. The number of nitrogens with one attached hydrogen (secondary N) is 2. The number of nitrogens with zero attached hydrogens (tertiary/aromatic N) is 2. The summed E-state index contributed by atoms with van der Waals surface area (Å²) in [5.74, 6) is -1.06. The van der Waals surface area contributed by atoms with E-state index in [1.54, 1.807) is 43.6 Å². The van der Waals surface area contributed by atoms with Gasteiger partial charge in [0.1, 0.15) is 5.76 Å². The van der Waals surface area contributed by atoms with E-state index in [0.717, 1.165) is 5.56 Å². The van der Waals surface area contributed by atoms with Gasteiger partial charge in [-0.05, 0) is 31.2 Å². The van der Waals surface area contributed by atoms with Crippen LogP contribution in [-0.2, 0) is 16.1 Å². The molecule has 0 aliphatic rings. The lowest BCUT2D eigenvalue weighted by atomic mass is 10.2. The molecule has 2 N–H and O–H groups in total. The van der Waals surface area contributed by atoms with Gasteiger partial charge in [0.25, 0.3) is 0 Å². The number of carbonyl (C=O) groups is 2. The molecule has 2 rings (SSSR count). The largest absolute Gasteiger partial charge is 0.467 e. The first-order chi connectivity index (χ1) is 10.2. The molecule has 0 atom stereocenters. The molecule has 2 heterocycles. The number of pyridine rings is 1. The number of hydrazone groups is 1. The predicted octanol–water partition coefficient (Wildman–Crippen LogP) is 0.831. The Morgan fingerprint density at radius 1 is 1.24 bits per heavy atom. The van der Waals surface area contributed by atoms with Crippen LogP contribution in [-0.4, -0.2) is 22.5 Å². The molecule has 7 heteroatoms. The minimum Gasteiger partial charge on any atom is -0.467 e. The number of rotatable bonds is 4. The van der Waals surface area contributed by atoms with E-state index in [9.17, 15) is 9.59 Å². The van der Waals surface area contributed by atoms with E-state index in [1.807, 2.05) is 0 Å². The molecule has 0 fully saturated rings. The summed E-state index contributed by atoms with van der Waals surface area (Å²) in [6.45, 7) is 1.86. The zero-order valence-corrected chi connectivity index (χ0v) is 11.4. The topological polar surface area (TPSA) is 96.6 Å². The quantitative estimate of drug-likeness (QED) is 0.494. The minimum atomic E-state index is -0.838. The SMILES string of the molecule is C/C(=N\NC(=O)C(=O)NCc1ccco1)c1ccncc1. The molecule has 7 nitrogen and oxygen atoms in total. The van der Waals surface area contributed by atoms with Crippen LogP contribution in [0.2, 0.25) is 0 Å². The maximum Gasteiger partial charge on any atom is 0.329 e. The monoisotopic (exact) mass is 286 g/mol. The number of furan rings is 1. The number of aromatic nitrogens is 1.